The molecule has 0 nitrogen and oxygen atoms in total. The summed E-state index contributed by atoms with van der Waals surface area (Å²) in [7, 11) is 0. The van der Waals surface area contributed by atoms with E-state index < -0.39 is 0 Å². The first-order valence-electron chi connectivity index (χ1n) is 7.46. The van der Waals surface area contributed by atoms with E-state index in [2.05, 4.69) is 32.9 Å². The van der Waals surface area contributed by atoms with Crippen molar-refractivity contribution in [1.29, 1.82) is 0 Å². The maximum absolute atomic E-state index is 2.40. The molecule has 1 unspecified atom stereocenters. The van der Waals surface area contributed by atoms with Crippen LogP contribution in [0.5, 0.6) is 0 Å². The van der Waals surface area contributed by atoms with E-state index in [9.17, 15) is 0 Å². The van der Waals surface area contributed by atoms with Gasteiger partial charge >= 0.3 is 0 Å². The second-order valence-electron chi connectivity index (χ2n) is 5.15. The maximum atomic E-state index is 2.40. The van der Waals surface area contributed by atoms with Crippen LogP contribution in [0.1, 0.15) is 85.0 Å². The summed E-state index contributed by atoms with van der Waals surface area (Å²) >= 11 is 0. The van der Waals surface area contributed by atoms with Gasteiger partial charge in [-0.05, 0) is 31.6 Å². The number of allylic oxidation sites excluding steroid dienone is 2. The number of hydrogen-bond acceptors (Lipinski definition) is 0. The van der Waals surface area contributed by atoms with E-state index in [0.29, 0.717) is 0 Å². The van der Waals surface area contributed by atoms with Crippen molar-refractivity contribution >= 4 is 0 Å². The molecule has 0 aliphatic rings. The lowest BCUT2D eigenvalue weighted by molar-refractivity contribution is 0.459. The second kappa shape index (κ2) is 12.8. The van der Waals surface area contributed by atoms with Crippen molar-refractivity contribution in [2.45, 2.75) is 85.0 Å². The normalized spacial score (nSPS) is 13.4. The largest absolute Gasteiger partial charge is 0.0885 e. The zero-order valence-corrected chi connectivity index (χ0v) is 11.8. The van der Waals surface area contributed by atoms with Crippen molar-refractivity contribution in [3.8, 4) is 0 Å². The highest BCUT2D eigenvalue weighted by atomic mass is 14.1. The third kappa shape index (κ3) is 11.8. The van der Waals surface area contributed by atoms with Crippen molar-refractivity contribution in [3.63, 3.8) is 0 Å². The van der Waals surface area contributed by atoms with Crippen molar-refractivity contribution in [3.05, 3.63) is 12.2 Å². The van der Waals surface area contributed by atoms with E-state index >= 15 is 0 Å². The second-order valence-corrected chi connectivity index (χ2v) is 5.15. The molecule has 0 saturated heterocycles. The van der Waals surface area contributed by atoms with E-state index in [1.54, 1.807) is 0 Å². The molecule has 96 valence electrons. The summed E-state index contributed by atoms with van der Waals surface area (Å²) in [5.74, 6) is 0.938. The molecular formula is C16H32. The fraction of sp³-hybridized carbons (Fsp3) is 0.875. The SMILES string of the molecule is CCCCCC=CCCCC(C)CCCC. The van der Waals surface area contributed by atoms with Gasteiger partial charge in [0, 0.05) is 0 Å². The third-order valence-corrected chi connectivity index (χ3v) is 3.26. The molecule has 1 atom stereocenters. The van der Waals surface area contributed by atoms with Crippen molar-refractivity contribution < 1.29 is 0 Å². The zero-order valence-electron chi connectivity index (χ0n) is 11.8. The topological polar surface area (TPSA) is 0 Å². The van der Waals surface area contributed by atoms with Crippen LogP contribution in [0.25, 0.3) is 0 Å². The zero-order chi connectivity index (χ0) is 12.1. The summed E-state index contributed by atoms with van der Waals surface area (Å²) in [4.78, 5) is 0. The number of unbranched alkanes of at least 4 members (excludes halogenated alkanes) is 5. The third-order valence-electron chi connectivity index (χ3n) is 3.26. The van der Waals surface area contributed by atoms with E-state index in [4.69, 9.17) is 0 Å². The lowest BCUT2D eigenvalue weighted by Gasteiger charge is -2.08. The highest BCUT2D eigenvalue weighted by Gasteiger charge is 1.99. The molecule has 0 bridgehead atoms. The first-order valence-corrected chi connectivity index (χ1v) is 7.46. The molecule has 0 amide bonds. The Labute approximate surface area is 104 Å². The predicted octanol–water partition coefficient (Wildman–Crippen LogP) is 6.12. The summed E-state index contributed by atoms with van der Waals surface area (Å²) in [5.41, 5.74) is 0. The van der Waals surface area contributed by atoms with Crippen LogP contribution in [0.2, 0.25) is 0 Å². The Hall–Kier alpha value is -0.260. The lowest BCUT2D eigenvalue weighted by atomic mass is 9.98. The fourth-order valence-electron chi connectivity index (χ4n) is 2.03. The Kier molecular flexibility index (Phi) is 12.6. The van der Waals surface area contributed by atoms with Gasteiger partial charge in [0.15, 0.2) is 0 Å². The van der Waals surface area contributed by atoms with Gasteiger partial charge in [0.25, 0.3) is 0 Å². The predicted molar refractivity (Wildman–Crippen MR) is 75.8 cm³/mol. The highest BCUT2D eigenvalue weighted by Crippen LogP contribution is 2.15. The molecule has 16 heavy (non-hydrogen) atoms. The average molecular weight is 224 g/mol. The van der Waals surface area contributed by atoms with Crippen LogP contribution < -0.4 is 0 Å². The minimum Gasteiger partial charge on any atom is -0.0885 e. The molecule has 0 rings (SSSR count). The lowest BCUT2D eigenvalue weighted by Crippen LogP contribution is -1.93. The summed E-state index contributed by atoms with van der Waals surface area (Å²) < 4.78 is 0. The Balaban J connectivity index is 3.18. The first-order chi connectivity index (χ1) is 7.81. The monoisotopic (exact) mass is 224 g/mol. The van der Waals surface area contributed by atoms with Gasteiger partial charge in [0.1, 0.15) is 0 Å². The van der Waals surface area contributed by atoms with Gasteiger partial charge in [-0.1, -0.05) is 71.4 Å². The molecule has 0 aliphatic carbocycles. The van der Waals surface area contributed by atoms with E-state index in [1.807, 2.05) is 0 Å². The van der Waals surface area contributed by atoms with Crippen molar-refractivity contribution in [1.82, 2.24) is 0 Å². The Morgan fingerprint density at radius 2 is 1.31 bits per heavy atom. The summed E-state index contributed by atoms with van der Waals surface area (Å²) in [6.07, 6.45) is 18.4. The van der Waals surface area contributed by atoms with Crippen LogP contribution in [0.3, 0.4) is 0 Å². The minimum absolute atomic E-state index is 0.938. The van der Waals surface area contributed by atoms with Gasteiger partial charge < -0.3 is 0 Å². The van der Waals surface area contributed by atoms with Gasteiger partial charge in [-0.15, -0.1) is 0 Å². The van der Waals surface area contributed by atoms with Crippen molar-refractivity contribution in [2.75, 3.05) is 0 Å². The minimum atomic E-state index is 0.938. The van der Waals surface area contributed by atoms with Gasteiger partial charge in [0.05, 0.1) is 0 Å². The highest BCUT2D eigenvalue weighted by molar-refractivity contribution is 4.81. The molecule has 0 aromatic rings. The molecule has 0 radical (unpaired) electrons. The standard InChI is InChI=1S/C16H32/c1-4-6-8-9-10-11-12-13-15-16(3)14-7-5-2/h10-11,16H,4-9,12-15H2,1-3H3. The maximum Gasteiger partial charge on any atom is -0.0351 e. The molecule has 0 fully saturated rings. The average Bonchev–Trinajstić information content (AvgIpc) is 2.30. The first kappa shape index (κ1) is 15.7. The van der Waals surface area contributed by atoms with E-state index in [0.717, 1.165) is 5.92 Å². The Morgan fingerprint density at radius 3 is 1.94 bits per heavy atom. The molecule has 0 heteroatoms. The molecule has 0 saturated carbocycles. The fourth-order valence-corrected chi connectivity index (χ4v) is 2.03. The van der Waals surface area contributed by atoms with Crippen LogP contribution in [0.15, 0.2) is 12.2 Å². The summed E-state index contributed by atoms with van der Waals surface area (Å²) in [5, 5.41) is 0. The number of hydrogen-bond donors (Lipinski definition) is 0. The molecule has 0 heterocycles. The Bertz CT molecular complexity index is 146. The van der Waals surface area contributed by atoms with Gasteiger partial charge in [0.2, 0.25) is 0 Å². The van der Waals surface area contributed by atoms with Crippen LogP contribution >= 0.6 is 0 Å². The van der Waals surface area contributed by atoms with E-state index in [-0.39, 0.29) is 0 Å². The molecule has 0 aromatic carbocycles. The summed E-state index contributed by atoms with van der Waals surface area (Å²) in [6.45, 7) is 6.95. The van der Waals surface area contributed by atoms with Gasteiger partial charge in [-0.2, -0.15) is 0 Å². The molecule has 0 aromatic heterocycles. The van der Waals surface area contributed by atoms with Gasteiger partial charge in [-0.3, -0.25) is 0 Å². The molecule has 0 spiro atoms. The number of rotatable bonds is 11. The van der Waals surface area contributed by atoms with Crippen LogP contribution in [0, 0.1) is 5.92 Å². The Morgan fingerprint density at radius 1 is 0.750 bits per heavy atom. The van der Waals surface area contributed by atoms with Crippen molar-refractivity contribution in [2.24, 2.45) is 5.92 Å². The van der Waals surface area contributed by atoms with Crippen LogP contribution in [0.4, 0.5) is 0 Å². The van der Waals surface area contributed by atoms with Crippen LogP contribution in [-0.4, -0.2) is 0 Å². The summed E-state index contributed by atoms with van der Waals surface area (Å²) in [6, 6.07) is 0. The smallest absolute Gasteiger partial charge is 0.0351 e. The molecule has 0 aliphatic heterocycles. The molecular weight excluding hydrogens is 192 g/mol. The molecule has 0 N–H and O–H groups in total. The van der Waals surface area contributed by atoms with Crippen LogP contribution in [-0.2, 0) is 0 Å². The van der Waals surface area contributed by atoms with Gasteiger partial charge in [-0.25, -0.2) is 0 Å². The quantitative estimate of drug-likeness (QED) is 0.293. The van der Waals surface area contributed by atoms with E-state index in [1.165, 1.54) is 64.2 Å².